The van der Waals surface area contributed by atoms with Crippen LogP contribution in [0.4, 0.5) is 0 Å². The summed E-state index contributed by atoms with van der Waals surface area (Å²) < 4.78 is 0. The average Bonchev–Trinajstić information content (AvgIpc) is 2.65. The molecule has 27 heavy (non-hydrogen) atoms. The van der Waals surface area contributed by atoms with Gasteiger partial charge in [0.1, 0.15) is 0 Å². The number of nitrogens with zero attached hydrogens (tertiary/aromatic N) is 1. The average molecular weight is 383 g/mol. The highest BCUT2D eigenvalue weighted by atomic mass is 16.1. The number of amides is 1. The first-order valence-corrected chi connectivity index (χ1v) is 12.1. The third-order valence-corrected chi connectivity index (χ3v) is 6.20. The number of carbonyl (C=O) groups excluding carboxylic acids is 1. The molecule has 0 saturated heterocycles. The molecule has 162 valence electrons. The molecule has 0 radical (unpaired) electrons. The first-order chi connectivity index (χ1) is 13.1. The molecule has 3 nitrogen and oxygen atoms in total. The summed E-state index contributed by atoms with van der Waals surface area (Å²) in [5.41, 5.74) is 5.67. The van der Waals surface area contributed by atoms with E-state index in [9.17, 15) is 4.79 Å². The van der Waals surface area contributed by atoms with E-state index in [0.717, 1.165) is 25.9 Å². The highest BCUT2D eigenvalue weighted by Gasteiger charge is 2.25. The van der Waals surface area contributed by atoms with Crippen molar-refractivity contribution in [1.29, 1.82) is 0 Å². The van der Waals surface area contributed by atoms with Crippen molar-refractivity contribution in [3.8, 4) is 0 Å². The van der Waals surface area contributed by atoms with Crippen molar-refractivity contribution in [2.75, 3.05) is 13.1 Å². The third-order valence-electron chi connectivity index (χ3n) is 6.20. The number of nitrogens with two attached hydrogens (primary N) is 1. The maximum absolute atomic E-state index is 11.8. The minimum Gasteiger partial charge on any atom is -0.369 e. The lowest BCUT2D eigenvalue weighted by molar-refractivity contribution is -0.124. The van der Waals surface area contributed by atoms with E-state index in [2.05, 4.69) is 32.6 Å². The molecule has 0 spiro atoms. The minimum absolute atomic E-state index is 0.00206. The zero-order chi connectivity index (χ0) is 20.3. The Balaban J connectivity index is 3.59. The summed E-state index contributed by atoms with van der Waals surface area (Å²) in [6.45, 7) is 10.7. The van der Waals surface area contributed by atoms with E-state index < -0.39 is 0 Å². The topological polar surface area (TPSA) is 46.3 Å². The van der Waals surface area contributed by atoms with Crippen LogP contribution in [0, 0.1) is 5.92 Å². The molecule has 2 unspecified atom stereocenters. The standard InChI is InChI=1S/C24H50N2O/c1-5-8-9-10-11-12-13-14-15-16-17-18-19-20-21-23(24(25)27)22(4)26(6-2)7-3/h22-23H,5-21H2,1-4H3,(H2,25,27). The fourth-order valence-corrected chi connectivity index (χ4v) is 4.23. The molecule has 0 saturated carbocycles. The predicted octanol–water partition coefficient (Wildman–Crippen LogP) is 6.69. The van der Waals surface area contributed by atoms with E-state index in [0.29, 0.717) is 0 Å². The second-order valence-corrected chi connectivity index (χ2v) is 8.36. The Kier molecular flexibility index (Phi) is 18.4. The van der Waals surface area contributed by atoms with Gasteiger partial charge in [-0.3, -0.25) is 4.79 Å². The Morgan fingerprint density at radius 3 is 1.41 bits per heavy atom. The molecule has 0 aromatic rings. The van der Waals surface area contributed by atoms with Crippen molar-refractivity contribution in [3.05, 3.63) is 0 Å². The third kappa shape index (κ3) is 14.1. The minimum atomic E-state index is -0.121. The second-order valence-electron chi connectivity index (χ2n) is 8.36. The smallest absolute Gasteiger partial charge is 0.222 e. The summed E-state index contributed by atoms with van der Waals surface area (Å²) in [6.07, 6.45) is 20.1. The van der Waals surface area contributed by atoms with Crippen molar-refractivity contribution in [1.82, 2.24) is 4.90 Å². The van der Waals surface area contributed by atoms with Crippen LogP contribution in [0.5, 0.6) is 0 Å². The lowest BCUT2D eigenvalue weighted by Crippen LogP contribution is -2.43. The molecule has 0 aliphatic rings. The molecule has 0 fully saturated rings. The molecule has 0 aliphatic heterocycles. The quantitative estimate of drug-likeness (QED) is 0.238. The van der Waals surface area contributed by atoms with E-state index in [1.54, 1.807) is 0 Å². The Labute approximate surface area is 170 Å². The number of primary amides is 1. The van der Waals surface area contributed by atoms with Crippen molar-refractivity contribution < 1.29 is 4.79 Å². The van der Waals surface area contributed by atoms with E-state index in [1.165, 1.54) is 83.5 Å². The first-order valence-electron chi connectivity index (χ1n) is 12.1. The fraction of sp³-hybridized carbons (Fsp3) is 0.958. The molecule has 3 heteroatoms. The summed E-state index contributed by atoms with van der Waals surface area (Å²) >= 11 is 0. The number of hydrogen-bond donors (Lipinski definition) is 1. The van der Waals surface area contributed by atoms with Crippen molar-refractivity contribution in [3.63, 3.8) is 0 Å². The molecule has 0 heterocycles. The number of carbonyl (C=O) groups is 1. The summed E-state index contributed by atoms with van der Waals surface area (Å²) in [5.74, 6) is -0.119. The largest absolute Gasteiger partial charge is 0.369 e. The number of hydrogen-bond acceptors (Lipinski definition) is 2. The number of unbranched alkanes of at least 4 members (excludes halogenated alkanes) is 13. The van der Waals surface area contributed by atoms with Crippen LogP contribution >= 0.6 is 0 Å². The summed E-state index contributed by atoms with van der Waals surface area (Å²) in [5, 5.41) is 0. The molecule has 2 atom stereocenters. The zero-order valence-electron chi connectivity index (χ0n) is 19.1. The van der Waals surface area contributed by atoms with Gasteiger partial charge in [0.05, 0.1) is 5.92 Å². The van der Waals surface area contributed by atoms with Crippen LogP contribution in [-0.2, 0) is 4.79 Å². The molecule has 0 aromatic heterocycles. The van der Waals surface area contributed by atoms with E-state index in [-0.39, 0.29) is 17.9 Å². The molecule has 0 bridgehead atoms. The lowest BCUT2D eigenvalue weighted by atomic mass is 9.92. The first kappa shape index (κ1) is 26.4. The Hall–Kier alpha value is -0.570. The van der Waals surface area contributed by atoms with Gasteiger partial charge in [0.15, 0.2) is 0 Å². The summed E-state index contributed by atoms with van der Waals surface area (Å²) in [6, 6.07) is 0.263. The lowest BCUT2D eigenvalue weighted by Gasteiger charge is -2.31. The van der Waals surface area contributed by atoms with Gasteiger partial charge in [0, 0.05) is 6.04 Å². The normalized spacial score (nSPS) is 13.8. The van der Waals surface area contributed by atoms with Gasteiger partial charge in [0.25, 0.3) is 0 Å². The Morgan fingerprint density at radius 1 is 0.704 bits per heavy atom. The van der Waals surface area contributed by atoms with Gasteiger partial charge < -0.3 is 10.6 Å². The van der Waals surface area contributed by atoms with Crippen LogP contribution in [0.15, 0.2) is 0 Å². The highest BCUT2D eigenvalue weighted by molar-refractivity contribution is 5.77. The molecule has 1 amide bonds. The SMILES string of the molecule is CCCCCCCCCCCCCCCCC(C(N)=O)C(C)N(CC)CC. The highest BCUT2D eigenvalue weighted by Crippen LogP contribution is 2.19. The Morgan fingerprint density at radius 2 is 1.07 bits per heavy atom. The fourth-order valence-electron chi connectivity index (χ4n) is 4.23. The van der Waals surface area contributed by atoms with Gasteiger partial charge in [-0.2, -0.15) is 0 Å². The predicted molar refractivity (Wildman–Crippen MR) is 120 cm³/mol. The molecular weight excluding hydrogens is 332 g/mol. The van der Waals surface area contributed by atoms with Gasteiger partial charge in [-0.25, -0.2) is 0 Å². The summed E-state index contributed by atoms with van der Waals surface area (Å²) in [7, 11) is 0. The molecule has 0 rings (SSSR count). The molecule has 0 aliphatic carbocycles. The second kappa shape index (κ2) is 18.8. The maximum Gasteiger partial charge on any atom is 0.222 e. The Bertz CT molecular complexity index is 328. The van der Waals surface area contributed by atoms with Crippen molar-refractivity contribution in [2.24, 2.45) is 11.7 Å². The van der Waals surface area contributed by atoms with Crippen LogP contribution in [0.3, 0.4) is 0 Å². The van der Waals surface area contributed by atoms with E-state index in [4.69, 9.17) is 5.73 Å². The van der Waals surface area contributed by atoms with Crippen molar-refractivity contribution in [2.45, 2.75) is 130 Å². The van der Waals surface area contributed by atoms with E-state index >= 15 is 0 Å². The van der Waals surface area contributed by atoms with Gasteiger partial charge >= 0.3 is 0 Å². The van der Waals surface area contributed by atoms with Gasteiger partial charge in [-0.1, -0.05) is 111 Å². The molecule has 0 aromatic carbocycles. The number of rotatable bonds is 20. The van der Waals surface area contributed by atoms with Crippen LogP contribution in [0.1, 0.15) is 124 Å². The van der Waals surface area contributed by atoms with Crippen molar-refractivity contribution >= 4 is 5.91 Å². The monoisotopic (exact) mass is 382 g/mol. The van der Waals surface area contributed by atoms with Gasteiger partial charge in [0.2, 0.25) is 5.91 Å². The molecule has 2 N–H and O–H groups in total. The zero-order valence-corrected chi connectivity index (χ0v) is 19.1. The summed E-state index contributed by atoms with van der Waals surface area (Å²) in [4.78, 5) is 14.2. The van der Waals surface area contributed by atoms with Gasteiger partial charge in [-0.05, 0) is 26.4 Å². The van der Waals surface area contributed by atoms with Crippen LogP contribution in [0.25, 0.3) is 0 Å². The molecular formula is C24H50N2O. The van der Waals surface area contributed by atoms with Crippen LogP contribution < -0.4 is 5.73 Å². The van der Waals surface area contributed by atoms with E-state index in [1.807, 2.05) is 0 Å². The van der Waals surface area contributed by atoms with Crippen LogP contribution in [-0.4, -0.2) is 29.9 Å². The van der Waals surface area contributed by atoms with Gasteiger partial charge in [-0.15, -0.1) is 0 Å². The maximum atomic E-state index is 11.8. The van der Waals surface area contributed by atoms with Crippen LogP contribution in [0.2, 0.25) is 0 Å².